The van der Waals surface area contributed by atoms with Crippen molar-refractivity contribution >= 4 is 20.8 Å². The molecule has 2 aromatic carbocycles. The largest absolute Gasteiger partial charge is 0.394 e. The summed E-state index contributed by atoms with van der Waals surface area (Å²) in [5.41, 5.74) is -0.851. The molecule has 0 saturated carbocycles. The number of fused-ring (bicyclic) bond motifs is 1. The molecule has 0 heterocycles. The van der Waals surface area contributed by atoms with Crippen molar-refractivity contribution in [1.82, 2.24) is 4.72 Å². The van der Waals surface area contributed by atoms with Crippen LogP contribution in [0, 0.1) is 0 Å². The van der Waals surface area contributed by atoms with E-state index in [-0.39, 0.29) is 11.5 Å². The first-order valence-corrected chi connectivity index (χ1v) is 8.03. The van der Waals surface area contributed by atoms with Crippen LogP contribution in [0.15, 0.2) is 47.4 Å². The molecule has 4 nitrogen and oxygen atoms in total. The van der Waals surface area contributed by atoms with Gasteiger partial charge < -0.3 is 5.11 Å². The van der Waals surface area contributed by atoms with Gasteiger partial charge in [-0.3, -0.25) is 0 Å². The van der Waals surface area contributed by atoms with Crippen LogP contribution in [0.3, 0.4) is 0 Å². The van der Waals surface area contributed by atoms with Gasteiger partial charge in [0.05, 0.1) is 17.0 Å². The highest BCUT2D eigenvalue weighted by atomic mass is 32.2. The zero-order chi connectivity index (χ0) is 14.8. The molecule has 0 amide bonds. The molecule has 2 N–H and O–H groups in total. The average Bonchev–Trinajstić information content (AvgIpc) is 2.46. The Kier molecular flexibility index (Phi) is 4.13. The maximum Gasteiger partial charge on any atom is 0.241 e. The van der Waals surface area contributed by atoms with Gasteiger partial charge in [0.25, 0.3) is 0 Å². The molecule has 0 spiro atoms. The number of aliphatic hydroxyl groups excluding tert-OH is 1. The first-order chi connectivity index (χ1) is 9.42. The number of hydrogen-bond donors (Lipinski definition) is 2. The van der Waals surface area contributed by atoms with Gasteiger partial charge in [-0.25, -0.2) is 13.1 Å². The number of aliphatic hydroxyl groups is 1. The fourth-order valence-corrected chi connectivity index (χ4v) is 3.73. The maximum atomic E-state index is 12.6. The predicted octanol–water partition coefficient (Wildman–Crippen LogP) is 2.28. The second kappa shape index (κ2) is 5.52. The van der Waals surface area contributed by atoms with Gasteiger partial charge in [0, 0.05) is 5.39 Å². The zero-order valence-electron chi connectivity index (χ0n) is 11.6. The minimum atomic E-state index is -3.68. The van der Waals surface area contributed by atoms with Gasteiger partial charge in [0.2, 0.25) is 10.0 Å². The van der Waals surface area contributed by atoms with E-state index in [4.69, 9.17) is 0 Å². The SMILES string of the molecule is CCC(C)(CO)NS(=O)(=O)c1cccc2ccccc12. The normalized spacial score (nSPS) is 15.2. The lowest BCUT2D eigenvalue weighted by molar-refractivity contribution is 0.191. The van der Waals surface area contributed by atoms with Crippen LogP contribution in [0.25, 0.3) is 10.8 Å². The fraction of sp³-hybridized carbons (Fsp3) is 0.333. The van der Waals surface area contributed by atoms with Crippen LogP contribution < -0.4 is 4.72 Å². The molecule has 0 saturated heterocycles. The van der Waals surface area contributed by atoms with Gasteiger partial charge in [-0.05, 0) is 24.8 Å². The molecule has 0 aromatic heterocycles. The molecule has 0 fully saturated rings. The third-order valence-corrected chi connectivity index (χ3v) is 5.25. The first kappa shape index (κ1) is 15.0. The first-order valence-electron chi connectivity index (χ1n) is 6.54. The lowest BCUT2D eigenvalue weighted by atomic mass is 10.0. The molecule has 0 aliphatic carbocycles. The molecule has 0 radical (unpaired) electrons. The van der Waals surface area contributed by atoms with Gasteiger partial charge in [-0.15, -0.1) is 0 Å². The Morgan fingerprint density at radius 1 is 1.15 bits per heavy atom. The number of sulfonamides is 1. The van der Waals surface area contributed by atoms with E-state index in [1.165, 1.54) is 0 Å². The van der Waals surface area contributed by atoms with Crippen LogP contribution in [-0.4, -0.2) is 25.7 Å². The quantitative estimate of drug-likeness (QED) is 0.889. The standard InChI is InChI=1S/C15H19NO3S/c1-3-15(2,11-17)16-20(18,19)14-10-6-8-12-7-4-5-9-13(12)14/h4-10,16-17H,3,11H2,1-2H3. The lowest BCUT2D eigenvalue weighted by Gasteiger charge is -2.27. The van der Waals surface area contributed by atoms with Gasteiger partial charge in [0.15, 0.2) is 0 Å². The molecule has 0 aliphatic rings. The monoisotopic (exact) mass is 293 g/mol. The Balaban J connectivity index is 2.53. The molecule has 108 valence electrons. The zero-order valence-corrected chi connectivity index (χ0v) is 12.4. The van der Waals surface area contributed by atoms with Crippen molar-refractivity contribution in [1.29, 1.82) is 0 Å². The highest BCUT2D eigenvalue weighted by Gasteiger charge is 2.29. The van der Waals surface area contributed by atoms with Crippen LogP contribution in [0.5, 0.6) is 0 Å². The summed E-state index contributed by atoms with van der Waals surface area (Å²) in [6.07, 6.45) is 0.507. The minimum Gasteiger partial charge on any atom is -0.394 e. The molecule has 1 atom stereocenters. The summed E-state index contributed by atoms with van der Waals surface area (Å²) in [7, 11) is -3.68. The van der Waals surface area contributed by atoms with Gasteiger partial charge in [-0.2, -0.15) is 0 Å². The van der Waals surface area contributed by atoms with Crippen molar-refractivity contribution in [2.24, 2.45) is 0 Å². The molecular weight excluding hydrogens is 274 g/mol. The Morgan fingerprint density at radius 3 is 2.45 bits per heavy atom. The summed E-state index contributed by atoms with van der Waals surface area (Å²) < 4.78 is 27.7. The summed E-state index contributed by atoms with van der Waals surface area (Å²) in [5, 5.41) is 10.9. The van der Waals surface area contributed by atoms with E-state index in [0.717, 1.165) is 5.39 Å². The van der Waals surface area contributed by atoms with Crippen molar-refractivity contribution < 1.29 is 13.5 Å². The number of benzene rings is 2. The minimum absolute atomic E-state index is 0.240. The van der Waals surface area contributed by atoms with Crippen LogP contribution >= 0.6 is 0 Å². The van der Waals surface area contributed by atoms with E-state index in [0.29, 0.717) is 11.8 Å². The lowest BCUT2D eigenvalue weighted by Crippen LogP contribution is -2.48. The Morgan fingerprint density at radius 2 is 1.80 bits per heavy atom. The van der Waals surface area contributed by atoms with E-state index in [9.17, 15) is 13.5 Å². The molecule has 5 heteroatoms. The maximum absolute atomic E-state index is 12.6. The summed E-state index contributed by atoms with van der Waals surface area (Å²) in [6, 6.07) is 12.5. The third kappa shape index (κ3) is 2.85. The fourth-order valence-electron chi connectivity index (χ4n) is 2.03. The third-order valence-electron chi connectivity index (χ3n) is 3.55. The topological polar surface area (TPSA) is 66.4 Å². The molecule has 2 aromatic rings. The Hall–Kier alpha value is -1.43. The van der Waals surface area contributed by atoms with E-state index < -0.39 is 15.6 Å². The van der Waals surface area contributed by atoms with Crippen LogP contribution in [-0.2, 0) is 10.0 Å². The second-order valence-corrected chi connectivity index (χ2v) is 6.81. The van der Waals surface area contributed by atoms with Crippen molar-refractivity contribution in [3.8, 4) is 0 Å². The van der Waals surface area contributed by atoms with Crippen molar-refractivity contribution in [3.63, 3.8) is 0 Å². The van der Waals surface area contributed by atoms with Crippen LogP contribution in [0.4, 0.5) is 0 Å². The predicted molar refractivity (Wildman–Crippen MR) is 80.1 cm³/mol. The summed E-state index contributed by atoms with van der Waals surface area (Å²) in [6.45, 7) is 3.28. The summed E-state index contributed by atoms with van der Waals surface area (Å²) >= 11 is 0. The molecular formula is C15H19NO3S. The van der Waals surface area contributed by atoms with E-state index in [2.05, 4.69) is 4.72 Å². The van der Waals surface area contributed by atoms with Crippen molar-refractivity contribution in [3.05, 3.63) is 42.5 Å². The van der Waals surface area contributed by atoms with Crippen molar-refractivity contribution in [2.45, 2.75) is 30.7 Å². The van der Waals surface area contributed by atoms with Crippen LogP contribution in [0.1, 0.15) is 20.3 Å². The van der Waals surface area contributed by atoms with Gasteiger partial charge in [0.1, 0.15) is 0 Å². The summed E-state index contributed by atoms with van der Waals surface area (Å²) in [5.74, 6) is 0. The van der Waals surface area contributed by atoms with Crippen molar-refractivity contribution in [2.75, 3.05) is 6.61 Å². The molecule has 2 rings (SSSR count). The molecule has 20 heavy (non-hydrogen) atoms. The van der Waals surface area contributed by atoms with Crippen LogP contribution in [0.2, 0.25) is 0 Å². The number of hydrogen-bond acceptors (Lipinski definition) is 3. The van der Waals surface area contributed by atoms with E-state index in [1.807, 2.05) is 31.2 Å². The van der Waals surface area contributed by atoms with Gasteiger partial charge in [-0.1, -0.05) is 43.3 Å². The Bertz CT molecular complexity index is 701. The molecule has 1 unspecified atom stereocenters. The second-order valence-electron chi connectivity index (χ2n) is 5.16. The summed E-state index contributed by atoms with van der Waals surface area (Å²) in [4.78, 5) is 0.240. The van der Waals surface area contributed by atoms with E-state index >= 15 is 0 Å². The van der Waals surface area contributed by atoms with Gasteiger partial charge >= 0.3 is 0 Å². The smallest absolute Gasteiger partial charge is 0.241 e. The van der Waals surface area contributed by atoms with E-state index in [1.54, 1.807) is 25.1 Å². The molecule has 0 bridgehead atoms. The molecule has 0 aliphatic heterocycles. The number of nitrogens with one attached hydrogen (secondary N) is 1. The number of rotatable bonds is 5. The average molecular weight is 293 g/mol. The highest BCUT2D eigenvalue weighted by Crippen LogP contribution is 2.24. The Labute approximate surface area is 119 Å². The highest BCUT2D eigenvalue weighted by molar-refractivity contribution is 7.89.